The van der Waals surface area contributed by atoms with Crippen LogP contribution in [0.15, 0.2) is 18.2 Å². The second kappa shape index (κ2) is 6.22. The third-order valence-corrected chi connectivity index (χ3v) is 3.26. The van der Waals surface area contributed by atoms with Gasteiger partial charge in [-0.3, -0.25) is 4.79 Å². The van der Waals surface area contributed by atoms with Crippen LogP contribution in [0.25, 0.3) is 0 Å². The van der Waals surface area contributed by atoms with E-state index in [0.29, 0.717) is 12.6 Å². The molecule has 0 radical (unpaired) electrons. The molecule has 1 atom stereocenters. The molecule has 0 aliphatic heterocycles. The molecule has 1 amide bonds. The number of halogens is 1. The number of likely N-dealkylation sites (N-methyl/N-ethyl adjacent to an activating group) is 1. The van der Waals surface area contributed by atoms with Crippen molar-refractivity contribution in [2.24, 2.45) is 0 Å². The van der Waals surface area contributed by atoms with E-state index in [1.54, 1.807) is 27.1 Å². The molecule has 1 fully saturated rings. The summed E-state index contributed by atoms with van der Waals surface area (Å²) in [5, 5.41) is 3.33. The first-order chi connectivity index (χ1) is 9.47. The SMILES string of the molecule is CC(Oc1ccc(CNC2CC2)cc1F)C(=O)N(C)C. The molecule has 20 heavy (non-hydrogen) atoms. The van der Waals surface area contributed by atoms with E-state index in [0.717, 1.165) is 5.56 Å². The van der Waals surface area contributed by atoms with Gasteiger partial charge in [-0.05, 0) is 37.5 Å². The molecule has 1 aromatic carbocycles. The molecule has 4 nitrogen and oxygen atoms in total. The number of carbonyl (C=O) groups excluding carboxylic acids is 1. The Morgan fingerprint density at radius 2 is 2.20 bits per heavy atom. The van der Waals surface area contributed by atoms with E-state index in [4.69, 9.17) is 4.74 Å². The topological polar surface area (TPSA) is 41.6 Å². The molecule has 2 rings (SSSR count). The second-order valence-electron chi connectivity index (χ2n) is 5.41. The van der Waals surface area contributed by atoms with Crippen molar-refractivity contribution in [3.63, 3.8) is 0 Å². The highest BCUT2D eigenvalue weighted by atomic mass is 19.1. The van der Waals surface area contributed by atoms with Gasteiger partial charge < -0.3 is 15.0 Å². The molecule has 1 aliphatic rings. The van der Waals surface area contributed by atoms with Crippen LogP contribution in [0.4, 0.5) is 4.39 Å². The number of rotatable bonds is 6. The standard InChI is InChI=1S/C15H21FN2O2/c1-10(15(19)18(2)3)20-14-7-4-11(8-13(14)16)9-17-12-5-6-12/h4,7-8,10,12,17H,5-6,9H2,1-3H3. The summed E-state index contributed by atoms with van der Waals surface area (Å²) in [6.07, 6.45) is 1.71. The van der Waals surface area contributed by atoms with Crippen LogP contribution in [-0.2, 0) is 11.3 Å². The van der Waals surface area contributed by atoms with E-state index in [9.17, 15) is 9.18 Å². The average molecular weight is 280 g/mol. The molecule has 0 spiro atoms. The van der Waals surface area contributed by atoms with Gasteiger partial charge in [0.15, 0.2) is 17.7 Å². The first kappa shape index (κ1) is 14.8. The lowest BCUT2D eigenvalue weighted by Crippen LogP contribution is -2.35. The van der Waals surface area contributed by atoms with Crippen molar-refractivity contribution in [2.45, 2.75) is 38.5 Å². The Labute approximate surface area is 118 Å². The summed E-state index contributed by atoms with van der Waals surface area (Å²) in [7, 11) is 3.29. The van der Waals surface area contributed by atoms with Crippen molar-refractivity contribution in [1.29, 1.82) is 0 Å². The van der Waals surface area contributed by atoms with Crippen molar-refractivity contribution >= 4 is 5.91 Å². The van der Waals surface area contributed by atoms with Gasteiger partial charge >= 0.3 is 0 Å². The number of nitrogens with zero attached hydrogens (tertiary/aromatic N) is 1. The smallest absolute Gasteiger partial charge is 0.262 e. The van der Waals surface area contributed by atoms with E-state index in [1.807, 2.05) is 6.07 Å². The summed E-state index contributed by atoms with van der Waals surface area (Å²) in [4.78, 5) is 13.1. The number of hydrogen-bond acceptors (Lipinski definition) is 3. The monoisotopic (exact) mass is 280 g/mol. The summed E-state index contributed by atoms with van der Waals surface area (Å²) in [5.41, 5.74) is 0.883. The fraction of sp³-hybridized carbons (Fsp3) is 0.533. The van der Waals surface area contributed by atoms with Crippen LogP contribution >= 0.6 is 0 Å². The zero-order valence-electron chi connectivity index (χ0n) is 12.1. The van der Waals surface area contributed by atoms with Crippen LogP contribution in [0.5, 0.6) is 5.75 Å². The van der Waals surface area contributed by atoms with E-state index in [-0.39, 0.29) is 11.7 Å². The molecule has 0 heterocycles. The number of carbonyl (C=O) groups is 1. The second-order valence-corrected chi connectivity index (χ2v) is 5.41. The number of amides is 1. The van der Waals surface area contributed by atoms with Crippen molar-refractivity contribution in [3.05, 3.63) is 29.6 Å². The maximum Gasteiger partial charge on any atom is 0.262 e. The van der Waals surface area contributed by atoms with Crippen molar-refractivity contribution in [1.82, 2.24) is 10.2 Å². The Balaban J connectivity index is 1.95. The van der Waals surface area contributed by atoms with E-state index in [2.05, 4.69) is 5.32 Å². The van der Waals surface area contributed by atoms with Crippen LogP contribution in [0, 0.1) is 5.82 Å². The van der Waals surface area contributed by atoms with E-state index in [1.165, 1.54) is 23.8 Å². The van der Waals surface area contributed by atoms with Gasteiger partial charge in [0.05, 0.1) is 0 Å². The molecule has 110 valence electrons. The lowest BCUT2D eigenvalue weighted by Gasteiger charge is -2.18. The average Bonchev–Trinajstić information content (AvgIpc) is 3.22. The lowest BCUT2D eigenvalue weighted by molar-refractivity contribution is -0.135. The highest BCUT2D eigenvalue weighted by molar-refractivity contribution is 5.80. The molecular weight excluding hydrogens is 259 g/mol. The lowest BCUT2D eigenvalue weighted by atomic mass is 10.2. The Morgan fingerprint density at radius 1 is 1.50 bits per heavy atom. The number of benzene rings is 1. The highest BCUT2D eigenvalue weighted by Crippen LogP contribution is 2.22. The molecule has 5 heteroatoms. The maximum atomic E-state index is 13.9. The van der Waals surface area contributed by atoms with Gasteiger partial charge in [0.2, 0.25) is 0 Å². The predicted octanol–water partition coefficient (Wildman–Crippen LogP) is 1.93. The van der Waals surface area contributed by atoms with E-state index >= 15 is 0 Å². The molecule has 1 aliphatic carbocycles. The molecule has 1 saturated carbocycles. The van der Waals surface area contributed by atoms with Gasteiger partial charge in [-0.1, -0.05) is 6.07 Å². The first-order valence-electron chi connectivity index (χ1n) is 6.87. The van der Waals surface area contributed by atoms with Crippen molar-refractivity contribution < 1.29 is 13.9 Å². The summed E-state index contributed by atoms with van der Waals surface area (Å²) < 4.78 is 19.3. The minimum atomic E-state index is -0.699. The quantitative estimate of drug-likeness (QED) is 0.866. The first-order valence-corrected chi connectivity index (χ1v) is 6.87. The Kier molecular flexibility index (Phi) is 4.60. The van der Waals surface area contributed by atoms with Crippen LogP contribution in [0.2, 0.25) is 0 Å². The van der Waals surface area contributed by atoms with Gasteiger partial charge in [0, 0.05) is 26.7 Å². The van der Waals surface area contributed by atoms with Crippen LogP contribution < -0.4 is 10.1 Å². The third-order valence-electron chi connectivity index (χ3n) is 3.26. The highest BCUT2D eigenvalue weighted by Gasteiger charge is 2.21. The summed E-state index contributed by atoms with van der Waals surface area (Å²) in [6.45, 7) is 2.28. The number of hydrogen-bond donors (Lipinski definition) is 1. The number of nitrogens with one attached hydrogen (secondary N) is 1. The van der Waals surface area contributed by atoms with Crippen molar-refractivity contribution in [2.75, 3.05) is 14.1 Å². The fourth-order valence-corrected chi connectivity index (χ4v) is 1.90. The van der Waals surface area contributed by atoms with Gasteiger partial charge in [-0.25, -0.2) is 4.39 Å². The van der Waals surface area contributed by atoms with Gasteiger partial charge in [-0.2, -0.15) is 0 Å². The van der Waals surface area contributed by atoms with Gasteiger partial charge in [0.25, 0.3) is 5.91 Å². The minimum absolute atomic E-state index is 0.114. The van der Waals surface area contributed by atoms with Crippen molar-refractivity contribution in [3.8, 4) is 5.75 Å². The molecule has 0 bridgehead atoms. The molecule has 1 aromatic rings. The largest absolute Gasteiger partial charge is 0.478 e. The Morgan fingerprint density at radius 3 is 2.75 bits per heavy atom. The summed E-state index contributed by atoms with van der Waals surface area (Å²) in [5.74, 6) is -0.509. The van der Waals surface area contributed by atoms with E-state index < -0.39 is 11.9 Å². The maximum absolute atomic E-state index is 13.9. The van der Waals surface area contributed by atoms with Crippen LogP contribution in [-0.4, -0.2) is 37.0 Å². The predicted molar refractivity (Wildman–Crippen MR) is 75.0 cm³/mol. The summed E-state index contributed by atoms with van der Waals surface area (Å²) >= 11 is 0. The zero-order valence-corrected chi connectivity index (χ0v) is 12.1. The Bertz CT molecular complexity index is 487. The zero-order chi connectivity index (χ0) is 14.7. The van der Waals surface area contributed by atoms with Crippen LogP contribution in [0.1, 0.15) is 25.3 Å². The van der Waals surface area contributed by atoms with Crippen LogP contribution in [0.3, 0.4) is 0 Å². The molecule has 1 unspecified atom stereocenters. The normalized spacial score (nSPS) is 15.8. The third kappa shape index (κ3) is 3.93. The summed E-state index contributed by atoms with van der Waals surface area (Å²) in [6, 6.07) is 5.45. The Hall–Kier alpha value is -1.62. The minimum Gasteiger partial charge on any atom is -0.478 e. The molecular formula is C15H21FN2O2. The molecule has 1 N–H and O–H groups in total. The van der Waals surface area contributed by atoms with Gasteiger partial charge in [-0.15, -0.1) is 0 Å². The fourth-order valence-electron chi connectivity index (χ4n) is 1.90. The molecule has 0 saturated heterocycles. The number of ether oxygens (including phenoxy) is 1. The van der Waals surface area contributed by atoms with Gasteiger partial charge in [0.1, 0.15) is 0 Å². The molecule has 0 aromatic heterocycles.